The van der Waals surface area contributed by atoms with Crippen LogP contribution in [0, 0.1) is 17.5 Å². The molecule has 0 bridgehead atoms. The normalized spacial score (nSPS) is 12.9. The first-order valence-electron chi connectivity index (χ1n) is 10.5. The first kappa shape index (κ1) is 24.0. The molecule has 1 aliphatic heterocycles. The van der Waals surface area contributed by atoms with Crippen molar-refractivity contribution in [3.63, 3.8) is 0 Å². The molecule has 1 aliphatic rings. The number of aromatic nitrogens is 4. The molecule has 1 amide bonds. The van der Waals surface area contributed by atoms with Crippen LogP contribution in [0.3, 0.4) is 0 Å². The maximum absolute atomic E-state index is 13.4. The van der Waals surface area contributed by atoms with Crippen LogP contribution in [0.15, 0.2) is 30.7 Å². The topological polar surface area (TPSA) is 79.2 Å². The molecule has 2 aromatic heterocycles. The Morgan fingerprint density at radius 3 is 2.39 bits per heavy atom. The predicted molar refractivity (Wildman–Crippen MR) is 120 cm³/mol. The molecule has 1 N–H and O–H groups in total. The van der Waals surface area contributed by atoms with E-state index in [1.807, 2.05) is 0 Å². The Morgan fingerprint density at radius 1 is 1.06 bits per heavy atom. The van der Waals surface area contributed by atoms with Crippen molar-refractivity contribution in [3.8, 4) is 0 Å². The van der Waals surface area contributed by atoms with Crippen LogP contribution in [0.25, 0.3) is 0 Å². The van der Waals surface area contributed by atoms with Gasteiger partial charge in [0.25, 0.3) is 0 Å². The number of carbonyl (C=O) groups is 1. The van der Waals surface area contributed by atoms with Gasteiger partial charge in [-0.15, -0.1) is 0 Å². The third-order valence-electron chi connectivity index (χ3n) is 4.75. The quantitative estimate of drug-likeness (QED) is 0.586. The Balaban J connectivity index is 0.000000968. The fourth-order valence-corrected chi connectivity index (χ4v) is 3.14. The van der Waals surface area contributed by atoms with Crippen molar-refractivity contribution in [1.29, 1.82) is 0 Å². The number of fused-ring (bicyclic) bond motifs is 1. The Labute approximate surface area is 190 Å². The second-order valence-corrected chi connectivity index (χ2v) is 7.69. The maximum Gasteiger partial charge on any atom is 0.246 e. The lowest BCUT2D eigenvalue weighted by Gasteiger charge is -2.31. The molecule has 0 radical (unpaired) electrons. The first-order valence-corrected chi connectivity index (χ1v) is 10.5. The molecule has 0 atom stereocenters. The van der Waals surface area contributed by atoms with Crippen molar-refractivity contribution in [1.82, 2.24) is 19.7 Å². The summed E-state index contributed by atoms with van der Waals surface area (Å²) in [5.74, 6) is -2.97. The number of halogens is 3. The van der Waals surface area contributed by atoms with Gasteiger partial charge in [-0.05, 0) is 17.7 Å². The van der Waals surface area contributed by atoms with Gasteiger partial charge < -0.3 is 15.1 Å². The lowest BCUT2D eigenvalue weighted by molar-refractivity contribution is -0.117. The molecule has 0 spiro atoms. The van der Waals surface area contributed by atoms with E-state index in [-0.39, 0.29) is 24.6 Å². The van der Waals surface area contributed by atoms with Gasteiger partial charge >= 0.3 is 0 Å². The van der Waals surface area contributed by atoms with Crippen LogP contribution in [-0.4, -0.2) is 46.3 Å². The lowest BCUT2D eigenvalue weighted by atomic mass is 10.2. The van der Waals surface area contributed by atoms with E-state index in [0.29, 0.717) is 24.0 Å². The molecule has 0 fully saturated rings. The minimum absolute atomic E-state index is 0.0392. The highest BCUT2D eigenvalue weighted by Crippen LogP contribution is 2.29. The van der Waals surface area contributed by atoms with E-state index >= 15 is 0 Å². The summed E-state index contributed by atoms with van der Waals surface area (Å²) in [6, 6.07) is 1.88. The van der Waals surface area contributed by atoms with Crippen LogP contribution in [0.2, 0.25) is 0 Å². The molecule has 0 unspecified atom stereocenters. The Bertz CT molecular complexity index is 1110. The molecule has 0 aliphatic carbocycles. The number of amides is 1. The summed E-state index contributed by atoms with van der Waals surface area (Å²) in [4.78, 5) is 23.9. The number of likely N-dealkylation sites (N-methyl/N-ethyl adjacent to an activating group) is 2. The zero-order chi connectivity index (χ0) is 24.1. The smallest absolute Gasteiger partial charge is 0.246 e. The van der Waals surface area contributed by atoms with Crippen LogP contribution in [0.5, 0.6) is 0 Å². The zero-order valence-corrected chi connectivity index (χ0v) is 18.9. The molecule has 33 heavy (non-hydrogen) atoms. The van der Waals surface area contributed by atoms with E-state index in [1.54, 1.807) is 37.6 Å². The minimum Gasteiger partial charge on any atom is -0.350 e. The molecule has 176 valence electrons. The van der Waals surface area contributed by atoms with E-state index in [4.69, 9.17) is 0 Å². The monoisotopic (exact) mass is 461 g/mol. The van der Waals surface area contributed by atoms with E-state index in [0.717, 1.165) is 17.7 Å². The SMILES string of the molecule is CCC.CN1CC(=O)N(C)c2cnc(NCc3cnn(Cc4cc(F)c(F)c(F)c4)c3)nc21. The highest BCUT2D eigenvalue weighted by molar-refractivity contribution is 6.01. The Hall–Kier alpha value is -3.63. The van der Waals surface area contributed by atoms with Crippen LogP contribution in [0.4, 0.5) is 30.6 Å². The fraction of sp³-hybridized carbons (Fsp3) is 0.364. The number of hydrogen-bond donors (Lipinski definition) is 1. The summed E-state index contributed by atoms with van der Waals surface area (Å²) in [5.41, 5.74) is 1.68. The maximum atomic E-state index is 13.4. The first-order chi connectivity index (χ1) is 15.7. The molecule has 11 heteroatoms. The number of nitrogens with zero attached hydrogens (tertiary/aromatic N) is 6. The number of hydrogen-bond acceptors (Lipinski definition) is 6. The van der Waals surface area contributed by atoms with Gasteiger partial charge in [-0.25, -0.2) is 18.2 Å². The zero-order valence-electron chi connectivity index (χ0n) is 18.9. The summed E-state index contributed by atoms with van der Waals surface area (Å²) < 4.78 is 41.3. The van der Waals surface area contributed by atoms with Gasteiger partial charge in [-0.1, -0.05) is 20.3 Å². The van der Waals surface area contributed by atoms with Crippen molar-refractivity contribution < 1.29 is 18.0 Å². The molecule has 8 nitrogen and oxygen atoms in total. The van der Waals surface area contributed by atoms with Crippen LogP contribution in [-0.2, 0) is 17.9 Å². The molecule has 3 aromatic rings. The highest BCUT2D eigenvalue weighted by atomic mass is 19.2. The number of nitrogens with one attached hydrogen (secondary N) is 1. The van der Waals surface area contributed by atoms with Crippen LogP contribution in [0.1, 0.15) is 31.4 Å². The molecule has 1 aromatic carbocycles. The van der Waals surface area contributed by atoms with Crippen molar-refractivity contribution in [2.45, 2.75) is 33.4 Å². The predicted octanol–water partition coefficient (Wildman–Crippen LogP) is 3.58. The Morgan fingerprint density at radius 2 is 1.73 bits per heavy atom. The summed E-state index contributed by atoms with van der Waals surface area (Å²) in [6.45, 7) is 4.94. The molecular weight excluding hydrogens is 435 g/mol. The summed E-state index contributed by atoms with van der Waals surface area (Å²) in [5, 5.41) is 7.24. The Kier molecular flexibility index (Phi) is 7.52. The van der Waals surface area contributed by atoms with E-state index in [1.165, 1.54) is 16.0 Å². The third kappa shape index (κ3) is 5.60. The number of benzene rings is 1. The van der Waals surface area contributed by atoms with Gasteiger partial charge in [0.2, 0.25) is 11.9 Å². The summed E-state index contributed by atoms with van der Waals surface area (Å²) >= 11 is 0. The summed E-state index contributed by atoms with van der Waals surface area (Å²) in [6.07, 6.45) is 6.13. The van der Waals surface area contributed by atoms with E-state index in [9.17, 15) is 18.0 Å². The van der Waals surface area contributed by atoms with E-state index < -0.39 is 17.5 Å². The second kappa shape index (κ2) is 10.3. The van der Waals surface area contributed by atoms with Gasteiger partial charge in [0.15, 0.2) is 23.3 Å². The van der Waals surface area contributed by atoms with Gasteiger partial charge in [0, 0.05) is 32.4 Å². The molecule has 0 saturated heterocycles. The average Bonchev–Trinajstić information content (AvgIpc) is 3.22. The number of rotatable bonds is 5. The number of carbonyl (C=O) groups excluding carboxylic acids is 1. The third-order valence-corrected chi connectivity index (χ3v) is 4.75. The van der Waals surface area contributed by atoms with Crippen LogP contribution < -0.4 is 15.1 Å². The van der Waals surface area contributed by atoms with Crippen molar-refractivity contribution in [3.05, 3.63) is 59.3 Å². The van der Waals surface area contributed by atoms with Gasteiger partial charge in [0.1, 0.15) is 5.69 Å². The number of anilines is 3. The summed E-state index contributed by atoms with van der Waals surface area (Å²) in [7, 11) is 3.46. The average molecular weight is 461 g/mol. The van der Waals surface area contributed by atoms with Crippen molar-refractivity contribution in [2.75, 3.05) is 35.8 Å². The minimum atomic E-state index is -1.49. The molecule has 3 heterocycles. The molecular formula is C22H26F3N7O. The molecule has 4 rings (SSSR count). The van der Waals surface area contributed by atoms with Gasteiger partial charge in [-0.3, -0.25) is 9.48 Å². The second-order valence-electron chi connectivity index (χ2n) is 7.69. The van der Waals surface area contributed by atoms with Crippen LogP contribution >= 0.6 is 0 Å². The van der Waals surface area contributed by atoms with Gasteiger partial charge in [0.05, 0.1) is 25.5 Å². The van der Waals surface area contributed by atoms with E-state index in [2.05, 4.69) is 34.2 Å². The van der Waals surface area contributed by atoms with Crippen molar-refractivity contribution in [2.24, 2.45) is 0 Å². The largest absolute Gasteiger partial charge is 0.350 e. The van der Waals surface area contributed by atoms with Gasteiger partial charge in [-0.2, -0.15) is 10.1 Å². The molecule has 0 saturated carbocycles. The lowest BCUT2D eigenvalue weighted by Crippen LogP contribution is -2.42. The highest BCUT2D eigenvalue weighted by Gasteiger charge is 2.26. The fourth-order valence-electron chi connectivity index (χ4n) is 3.14. The van der Waals surface area contributed by atoms with Crippen molar-refractivity contribution >= 4 is 23.4 Å². The standard InChI is InChI=1S/C19H18F3N7O.C3H8/c1-27-10-16(30)28(2)15-7-24-19(26-18(15)27)23-5-12-6-25-29(9-12)8-11-3-13(20)17(22)14(21)4-11;1-3-2/h3-4,6-7,9H,5,8,10H2,1-2H3,(H,23,24,26);3H2,1-2H3.